The lowest BCUT2D eigenvalue weighted by molar-refractivity contribution is 0.195. The molecule has 5 heteroatoms. The van der Waals surface area contributed by atoms with Gasteiger partial charge in [-0.1, -0.05) is 35.4 Å². The van der Waals surface area contributed by atoms with E-state index >= 15 is 0 Å². The molecule has 0 bridgehead atoms. The zero-order valence-corrected chi connectivity index (χ0v) is 15.9. The van der Waals surface area contributed by atoms with Gasteiger partial charge in [0.05, 0.1) is 18.1 Å². The Hall–Kier alpha value is -2.53. The highest BCUT2D eigenvalue weighted by atomic mass is 16.3. The highest BCUT2D eigenvalue weighted by molar-refractivity contribution is 5.73. The SMILES string of the molecule is CC1=C(C)Cc2ccccc2C1.CCn1cnc2ncnc(C(C)O)c21. The summed E-state index contributed by atoms with van der Waals surface area (Å²) in [5.74, 6) is 0. The number of hydrogen-bond acceptors (Lipinski definition) is 4. The van der Waals surface area contributed by atoms with Gasteiger partial charge in [0.15, 0.2) is 5.65 Å². The van der Waals surface area contributed by atoms with Crippen LogP contribution in [0, 0.1) is 0 Å². The van der Waals surface area contributed by atoms with Crippen molar-refractivity contribution in [1.82, 2.24) is 19.5 Å². The molecule has 1 unspecified atom stereocenters. The summed E-state index contributed by atoms with van der Waals surface area (Å²) in [6, 6.07) is 8.75. The summed E-state index contributed by atoms with van der Waals surface area (Å²) in [6.45, 7) is 8.98. The van der Waals surface area contributed by atoms with Crippen LogP contribution >= 0.6 is 0 Å². The van der Waals surface area contributed by atoms with E-state index in [1.54, 1.807) is 24.4 Å². The van der Waals surface area contributed by atoms with Crippen molar-refractivity contribution in [3.8, 4) is 0 Å². The first-order chi connectivity index (χ1) is 12.5. The Morgan fingerprint density at radius 2 is 1.65 bits per heavy atom. The van der Waals surface area contributed by atoms with Crippen LogP contribution in [0.1, 0.15) is 50.6 Å². The van der Waals surface area contributed by atoms with Crippen molar-refractivity contribution in [2.24, 2.45) is 0 Å². The highest BCUT2D eigenvalue weighted by Crippen LogP contribution is 2.25. The molecule has 0 saturated heterocycles. The number of nitrogens with zero attached hydrogens (tertiary/aromatic N) is 4. The number of rotatable bonds is 2. The van der Waals surface area contributed by atoms with Crippen LogP contribution in [0.15, 0.2) is 48.1 Å². The summed E-state index contributed by atoms with van der Waals surface area (Å²) >= 11 is 0. The maximum atomic E-state index is 9.53. The van der Waals surface area contributed by atoms with Gasteiger partial charge < -0.3 is 9.67 Å². The molecule has 0 fully saturated rings. The maximum Gasteiger partial charge on any atom is 0.181 e. The van der Waals surface area contributed by atoms with E-state index in [1.165, 1.54) is 17.5 Å². The standard InChI is InChI=1S/C12H14.C9H12N4O/c1-9-7-11-5-3-4-6-12(11)8-10(9)2;1-3-13-5-12-9-8(13)7(6(2)14)10-4-11-9/h3-6H,7-8H2,1-2H3;4-6,14H,3H2,1-2H3. The fourth-order valence-electron chi connectivity index (χ4n) is 3.26. The van der Waals surface area contributed by atoms with Gasteiger partial charge in [-0.2, -0.15) is 0 Å². The van der Waals surface area contributed by atoms with Gasteiger partial charge in [-0.05, 0) is 51.7 Å². The second-order valence-corrected chi connectivity index (χ2v) is 6.82. The minimum absolute atomic E-state index is 0.595. The van der Waals surface area contributed by atoms with Gasteiger partial charge in [-0.3, -0.25) is 0 Å². The smallest absolute Gasteiger partial charge is 0.181 e. The molecule has 4 rings (SSSR count). The third kappa shape index (κ3) is 3.68. The average Bonchev–Trinajstić information content (AvgIpc) is 3.06. The van der Waals surface area contributed by atoms with Crippen molar-refractivity contribution >= 4 is 11.2 Å². The van der Waals surface area contributed by atoms with Crippen LogP contribution < -0.4 is 0 Å². The number of aryl methyl sites for hydroxylation is 1. The molecule has 2 heterocycles. The van der Waals surface area contributed by atoms with Crippen LogP contribution in [-0.2, 0) is 19.4 Å². The van der Waals surface area contributed by atoms with Crippen molar-refractivity contribution in [2.75, 3.05) is 0 Å². The van der Waals surface area contributed by atoms with Crippen LogP contribution in [0.25, 0.3) is 11.2 Å². The second kappa shape index (κ2) is 7.79. The van der Waals surface area contributed by atoms with Crippen molar-refractivity contribution in [3.05, 3.63) is 64.9 Å². The Morgan fingerprint density at radius 1 is 1.04 bits per heavy atom. The van der Waals surface area contributed by atoms with Crippen LogP contribution in [-0.4, -0.2) is 24.6 Å². The normalized spacial score (nSPS) is 14.7. The van der Waals surface area contributed by atoms with Crippen LogP contribution in [0.3, 0.4) is 0 Å². The lowest BCUT2D eigenvalue weighted by atomic mass is 9.88. The number of aliphatic hydroxyl groups excluding tert-OH is 1. The molecular weight excluding hydrogens is 324 g/mol. The molecule has 0 spiro atoms. The van der Waals surface area contributed by atoms with E-state index in [4.69, 9.17) is 0 Å². The molecule has 0 radical (unpaired) electrons. The third-order valence-corrected chi connectivity index (χ3v) is 4.93. The van der Waals surface area contributed by atoms with E-state index in [1.807, 2.05) is 11.5 Å². The van der Waals surface area contributed by atoms with Gasteiger partial charge in [0.1, 0.15) is 11.8 Å². The van der Waals surface area contributed by atoms with E-state index in [2.05, 4.69) is 53.1 Å². The summed E-state index contributed by atoms with van der Waals surface area (Å²) < 4.78 is 1.93. The van der Waals surface area contributed by atoms with Gasteiger partial charge in [0.2, 0.25) is 0 Å². The molecule has 3 aromatic rings. The molecule has 2 aromatic heterocycles. The molecule has 5 nitrogen and oxygen atoms in total. The van der Waals surface area contributed by atoms with Crippen LogP contribution in [0.2, 0.25) is 0 Å². The topological polar surface area (TPSA) is 63.8 Å². The molecular formula is C21H26N4O. The summed E-state index contributed by atoms with van der Waals surface area (Å²) in [4.78, 5) is 12.2. The van der Waals surface area contributed by atoms with E-state index < -0.39 is 6.10 Å². The first-order valence-corrected chi connectivity index (χ1v) is 9.07. The largest absolute Gasteiger partial charge is 0.387 e. The Morgan fingerprint density at radius 3 is 2.19 bits per heavy atom. The molecule has 1 atom stereocenters. The molecule has 136 valence electrons. The Labute approximate surface area is 154 Å². The van der Waals surface area contributed by atoms with Crippen molar-refractivity contribution in [3.63, 3.8) is 0 Å². The Kier molecular flexibility index (Phi) is 5.47. The summed E-state index contributed by atoms with van der Waals surface area (Å²) in [5, 5.41) is 9.53. The van der Waals surface area contributed by atoms with Gasteiger partial charge >= 0.3 is 0 Å². The van der Waals surface area contributed by atoms with Crippen LogP contribution in [0.4, 0.5) is 0 Å². The van der Waals surface area contributed by atoms with Crippen molar-refractivity contribution < 1.29 is 5.11 Å². The predicted molar refractivity (Wildman–Crippen MR) is 104 cm³/mol. The molecule has 1 aromatic carbocycles. The number of allylic oxidation sites excluding steroid dienone is 2. The molecule has 0 aliphatic heterocycles. The van der Waals surface area contributed by atoms with Gasteiger partial charge in [-0.15, -0.1) is 0 Å². The average molecular weight is 350 g/mol. The number of benzene rings is 1. The minimum Gasteiger partial charge on any atom is -0.387 e. The molecule has 0 amide bonds. The Bertz CT molecular complexity index is 907. The molecule has 0 saturated carbocycles. The van der Waals surface area contributed by atoms with E-state index in [0.29, 0.717) is 11.3 Å². The maximum absolute atomic E-state index is 9.53. The van der Waals surface area contributed by atoms with E-state index in [9.17, 15) is 5.11 Å². The summed E-state index contributed by atoms with van der Waals surface area (Å²) in [6.07, 6.45) is 4.86. The van der Waals surface area contributed by atoms with E-state index in [-0.39, 0.29) is 0 Å². The minimum atomic E-state index is -0.595. The predicted octanol–water partition coefficient (Wildman–Crippen LogP) is 4.02. The number of imidazole rings is 1. The molecule has 1 N–H and O–H groups in total. The molecule has 1 aliphatic rings. The molecule has 26 heavy (non-hydrogen) atoms. The lowest BCUT2D eigenvalue weighted by Crippen LogP contribution is -2.04. The number of aromatic nitrogens is 4. The number of aliphatic hydroxyl groups is 1. The number of hydrogen-bond donors (Lipinski definition) is 1. The van der Waals surface area contributed by atoms with Gasteiger partial charge in [0.25, 0.3) is 0 Å². The van der Waals surface area contributed by atoms with Crippen molar-refractivity contribution in [1.29, 1.82) is 0 Å². The van der Waals surface area contributed by atoms with Gasteiger partial charge in [0, 0.05) is 6.54 Å². The Balaban J connectivity index is 0.000000152. The van der Waals surface area contributed by atoms with Crippen molar-refractivity contribution in [2.45, 2.75) is 53.2 Å². The number of fused-ring (bicyclic) bond motifs is 2. The fourth-order valence-corrected chi connectivity index (χ4v) is 3.26. The highest BCUT2D eigenvalue weighted by Gasteiger charge is 2.13. The lowest BCUT2D eigenvalue weighted by Gasteiger charge is -2.18. The van der Waals surface area contributed by atoms with Crippen LogP contribution in [0.5, 0.6) is 0 Å². The quantitative estimate of drug-likeness (QED) is 0.709. The third-order valence-electron chi connectivity index (χ3n) is 4.93. The monoisotopic (exact) mass is 350 g/mol. The van der Waals surface area contributed by atoms with E-state index in [0.717, 1.165) is 24.9 Å². The fraction of sp³-hybridized carbons (Fsp3) is 0.381. The second-order valence-electron chi connectivity index (χ2n) is 6.82. The molecule has 1 aliphatic carbocycles. The summed E-state index contributed by atoms with van der Waals surface area (Å²) in [7, 11) is 0. The summed E-state index contributed by atoms with van der Waals surface area (Å²) in [5.41, 5.74) is 8.22. The van der Waals surface area contributed by atoms with Gasteiger partial charge in [-0.25, -0.2) is 15.0 Å². The first-order valence-electron chi connectivity index (χ1n) is 9.07. The zero-order valence-electron chi connectivity index (χ0n) is 15.9. The zero-order chi connectivity index (χ0) is 18.7. The first kappa shape index (κ1) is 18.3.